The molecule has 0 aliphatic rings. The molecule has 2 aromatic heterocycles. The van der Waals surface area contributed by atoms with Gasteiger partial charge in [0, 0.05) is 24.2 Å². The van der Waals surface area contributed by atoms with Gasteiger partial charge in [0.25, 0.3) is 0 Å². The van der Waals surface area contributed by atoms with Crippen LogP contribution in [0.1, 0.15) is 23.4 Å². The maximum atomic E-state index is 10.5. The Morgan fingerprint density at radius 2 is 2.25 bits per heavy atom. The van der Waals surface area contributed by atoms with Crippen LogP contribution >= 0.6 is 11.3 Å². The normalized spacial score (nSPS) is 12.5. The van der Waals surface area contributed by atoms with E-state index in [0.717, 1.165) is 17.5 Å². The first kappa shape index (κ1) is 14.3. The van der Waals surface area contributed by atoms with Crippen molar-refractivity contribution in [1.29, 1.82) is 0 Å². The fourth-order valence-electron chi connectivity index (χ4n) is 1.79. The number of nitrogens with zero attached hydrogens (tertiary/aromatic N) is 2. The fourth-order valence-corrected chi connectivity index (χ4v) is 2.62. The number of carbonyl (C=O) groups is 1. The monoisotopic (exact) mass is 288 g/mol. The van der Waals surface area contributed by atoms with Gasteiger partial charge in [-0.3, -0.25) is 0 Å². The Kier molecular flexibility index (Phi) is 4.53. The first-order valence-electron chi connectivity index (χ1n) is 6.21. The van der Waals surface area contributed by atoms with Gasteiger partial charge in [0.15, 0.2) is 0 Å². The number of rotatable bonds is 5. The lowest BCUT2D eigenvalue weighted by atomic mass is 10.2. The zero-order valence-electron chi connectivity index (χ0n) is 11.4. The molecule has 1 N–H and O–H groups in total. The molecule has 0 saturated heterocycles. The summed E-state index contributed by atoms with van der Waals surface area (Å²) >= 11 is 1.72. The highest BCUT2D eigenvalue weighted by Gasteiger charge is 2.13. The lowest BCUT2D eigenvalue weighted by Gasteiger charge is -2.25. The molecule has 0 aliphatic carbocycles. The van der Waals surface area contributed by atoms with Gasteiger partial charge in [-0.1, -0.05) is 6.07 Å². The maximum absolute atomic E-state index is 10.5. The van der Waals surface area contributed by atoms with Crippen molar-refractivity contribution in [2.45, 2.75) is 13.0 Å². The smallest absolute Gasteiger partial charge is 0.328 e. The Morgan fingerprint density at radius 3 is 2.80 bits per heavy atom. The van der Waals surface area contributed by atoms with Gasteiger partial charge >= 0.3 is 5.97 Å². The SMILES string of the molecule is CC(c1cccs1)N(C)c1ccc(/C=C/C(=O)O)cn1. The lowest BCUT2D eigenvalue weighted by molar-refractivity contribution is -0.131. The summed E-state index contributed by atoms with van der Waals surface area (Å²) in [4.78, 5) is 18.2. The number of hydrogen-bond donors (Lipinski definition) is 1. The Hall–Kier alpha value is -2.14. The Morgan fingerprint density at radius 1 is 1.45 bits per heavy atom. The molecule has 0 aromatic carbocycles. The number of anilines is 1. The van der Waals surface area contributed by atoms with E-state index in [1.54, 1.807) is 17.5 Å². The molecular formula is C15H16N2O2S. The molecule has 5 heteroatoms. The van der Waals surface area contributed by atoms with Crippen molar-refractivity contribution in [3.8, 4) is 0 Å². The molecular weight excluding hydrogens is 272 g/mol. The number of aliphatic carboxylic acids is 1. The van der Waals surface area contributed by atoms with Crippen molar-refractivity contribution in [2.24, 2.45) is 0 Å². The van der Waals surface area contributed by atoms with Gasteiger partial charge in [0.05, 0.1) is 6.04 Å². The van der Waals surface area contributed by atoms with E-state index in [9.17, 15) is 4.79 Å². The van der Waals surface area contributed by atoms with Crippen molar-refractivity contribution >= 4 is 29.2 Å². The summed E-state index contributed by atoms with van der Waals surface area (Å²) in [6, 6.07) is 8.15. The Bertz CT molecular complexity index is 591. The molecule has 2 aromatic rings. The zero-order valence-corrected chi connectivity index (χ0v) is 12.2. The summed E-state index contributed by atoms with van der Waals surface area (Å²) in [5.41, 5.74) is 0.772. The largest absolute Gasteiger partial charge is 0.478 e. The third kappa shape index (κ3) is 3.45. The number of carboxylic acids is 1. The molecule has 1 atom stereocenters. The van der Waals surface area contributed by atoms with E-state index in [4.69, 9.17) is 5.11 Å². The van der Waals surface area contributed by atoms with Crippen molar-refractivity contribution in [3.05, 3.63) is 52.4 Å². The second-order valence-corrected chi connectivity index (χ2v) is 5.40. The van der Waals surface area contributed by atoms with Crippen molar-refractivity contribution in [3.63, 3.8) is 0 Å². The van der Waals surface area contributed by atoms with E-state index in [1.165, 1.54) is 11.0 Å². The highest BCUT2D eigenvalue weighted by Crippen LogP contribution is 2.26. The number of thiophene rings is 1. The fraction of sp³-hybridized carbons (Fsp3) is 0.200. The molecule has 20 heavy (non-hydrogen) atoms. The molecule has 4 nitrogen and oxygen atoms in total. The van der Waals surface area contributed by atoms with Crippen LogP contribution in [0.5, 0.6) is 0 Å². The summed E-state index contributed by atoms with van der Waals surface area (Å²) < 4.78 is 0. The van der Waals surface area contributed by atoms with E-state index in [-0.39, 0.29) is 6.04 Å². The number of carboxylic acid groups (broad SMARTS) is 1. The summed E-state index contributed by atoms with van der Waals surface area (Å²) in [6.45, 7) is 2.13. The second kappa shape index (κ2) is 6.34. The molecule has 0 saturated carbocycles. The first-order chi connectivity index (χ1) is 9.58. The number of hydrogen-bond acceptors (Lipinski definition) is 4. The summed E-state index contributed by atoms with van der Waals surface area (Å²) in [5.74, 6) is -0.101. The van der Waals surface area contributed by atoms with Gasteiger partial charge in [-0.15, -0.1) is 11.3 Å². The van der Waals surface area contributed by atoms with E-state index in [2.05, 4.69) is 28.3 Å². The number of pyridine rings is 1. The highest BCUT2D eigenvalue weighted by atomic mass is 32.1. The van der Waals surface area contributed by atoms with E-state index >= 15 is 0 Å². The predicted octanol–water partition coefficient (Wildman–Crippen LogP) is 3.44. The third-order valence-corrected chi connectivity index (χ3v) is 4.13. The van der Waals surface area contributed by atoms with Gasteiger partial charge in [0.1, 0.15) is 5.82 Å². The van der Waals surface area contributed by atoms with Gasteiger partial charge in [-0.25, -0.2) is 9.78 Å². The van der Waals surface area contributed by atoms with Crippen molar-refractivity contribution in [2.75, 3.05) is 11.9 Å². The third-order valence-electron chi connectivity index (χ3n) is 3.09. The minimum absolute atomic E-state index is 0.253. The van der Waals surface area contributed by atoms with Crippen LogP contribution < -0.4 is 4.90 Å². The van der Waals surface area contributed by atoms with Crippen LogP contribution in [-0.2, 0) is 4.79 Å². The van der Waals surface area contributed by atoms with Gasteiger partial charge < -0.3 is 10.0 Å². The van der Waals surface area contributed by atoms with Crippen LogP contribution in [0.25, 0.3) is 6.08 Å². The molecule has 2 rings (SSSR count). The minimum atomic E-state index is -0.961. The maximum Gasteiger partial charge on any atom is 0.328 e. The van der Waals surface area contributed by atoms with Gasteiger partial charge in [-0.05, 0) is 42.1 Å². The van der Waals surface area contributed by atoms with E-state index in [1.807, 2.05) is 25.2 Å². The molecule has 0 spiro atoms. The number of aromatic nitrogens is 1. The molecule has 0 aliphatic heterocycles. The highest BCUT2D eigenvalue weighted by molar-refractivity contribution is 7.10. The molecule has 2 heterocycles. The summed E-state index contributed by atoms with van der Waals surface area (Å²) in [6.07, 6.45) is 4.31. The van der Waals surface area contributed by atoms with Crippen LogP contribution in [0.4, 0.5) is 5.82 Å². The molecule has 104 valence electrons. The van der Waals surface area contributed by atoms with Crippen LogP contribution in [0.15, 0.2) is 41.9 Å². The van der Waals surface area contributed by atoms with Crippen LogP contribution in [0.2, 0.25) is 0 Å². The van der Waals surface area contributed by atoms with E-state index in [0.29, 0.717) is 0 Å². The minimum Gasteiger partial charge on any atom is -0.478 e. The van der Waals surface area contributed by atoms with E-state index < -0.39 is 5.97 Å². The van der Waals surface area contributed by atoms with Crippen molar-refractivity contribution in [1.82, 2.24) is 4.98 Å². The standard InChI is InChI=1S/C15H16N2O2S/c1-11(13-4-3-9-20-13)17(2)14-7-5-12(10-16-14)6-8-15(18)19/h3-11H,1-2H3,(H,18,19)/b8-6+. The van der Waals surface area contributed by atoms with Crippen LogP contribution in [-0.4, -0.2) is 23.1 Å². The molecule has 0 amide bonds. The summed E-state index contributed by atoms with van der Waals surface area (Å²) in [7, 11) is 2.00. The molecule has 0 fully saturated rings. The average Bonchev–Trinajstić information content (AvgIpc) is 2.98. The van der Waals surface area contributed by atoms with Gasteiger partial charge in [-0.2, -0.15) is 0 Å². The molecule has 0 bridgehead atoms. The van der Waals surface area contributed by atoms with Crippen LogP contribution in [0.3, 0.4) is 0 Å². The Labute approximate surface area is 122 Å². The summed E-state index contributed by atoms with van der Waals surface area (Å²) in [5, 5.41) is 10.6. The predicted molar refractivity (Wildman–Crippen MR) is 82.0 cm³/mol. The average molecular weight is 288 g/mol. The second-order valence-electron chi connectivity index (χ2n) is 4.42. The topological polar surface area (TPSA) is 53.4 Å². The van der Waals surface area contributed by atoms with Crippen molar-refractivity contribution < 1.29 is 9.90 Å². The van der Waals surface area contributed by atoms with Gasteiger partial charge in [0.2, 0.25) is 0 Å². The Balaban J connectivity index is 2.11. The zero-order chi connectivity index (χ0) is 14.5. The lowest BCUT2D eigenvalue weighted by Crippen LogP contribution is -2.21. The first-order valence-corrected chi connectivity index (χ1v) is 7.09. The quantitative estimate of drug-likeness (QED) is 0.856. The molecule has 0 radical (unpaired) electrons. The van der Waals surface area contributed by atoms with Crippen LogP contribution in [0, 0.1) is 0 Å². The molecule has 1 unspecified atom stereocenters.